The van der Waals surface area contributed by atoms with Crippen molar-refractivity contribution < 1.29 is 13.9 Å². The van der Waals surface area contributed by atoms with Crippen molar-refractivity contribution in [3.05, 3.63) is 89.4 Å². The summed E-state index contributed by atoms with van der Waals surface area (Å²) in [5, 5.41) is 2.74. The smallest absolute Gasteiger partial charge is 0.254 e. The van der Waals surface area contributed by atoms with Crippen molar-refractivity contribution in [1.82, 2.24) is 10.3 Å². The Morgan fingerprint density at radius 2 is 1.97 bits per heavy atom. The van der Waals surface area contributed by atoms with E-state index in [4.69, 9.17) is 10.5 Å². The molecular weight excluding hydrogens is 381 g/mol. The van der Waals surface area contributed by atoms with Crippen LogP contribution in [0, 0.1) is 5.82 Å². The largest absolute Gasteiger partial charge is 0.383 e. The molecule has 30 heavy (non-hydrogen) atoms. The van der Waals surface area contributed by atoms with E-state index in [1.54, 1.807) is 12.3 Å². The van der Waals surface area contributed by atoms with Gasteiger partial charge in [0.05, 0.1) is 18.8 Å². The number of nitrogen functional groups attached to an aromatic ring is 1. The number of amides is 1. The molecule has 1 aliphatic rings. The second-order valence-corrected chi connectivity index (χ2v) is 7.07. The van der Waals surface area contributed by atoms with E-state index in [2.05, 4.69) is 10.3 Å². The quantitative estimate of drug-likeness (QED) is 0.669. The number of rotatable bonds is 5. The predicted molar refractivity (Wildman–Crippen MR) is 115 cm³/mol. The van der Waals surface area contributed by atoms with Gasteiger partial charge in [-0.3, -0.25) is 4.79 Å². The van der Waals surface area contributed by atoms with Gasteiger partial charge in [-0.05, 0) is 46.9 Å². The summed E-state index contributed by atoms with van der Waals surface area (Å²) >= 11 is 0. The maximum atomic E-state index is 14.7. The second kappa shape index (κ2) is 8.88. The maximum absolute atomic E-state index is 14.7. The van der Waals surface area contributed by atoms with Crippen LogP contribution in [0.15, 0.2) is 66.9 Å². The average Bonchev–Trinajstić information content (AvgIpc) is 2.79. The topological polar surface area (TPSA) is 77.2 Å². The minimum Gasteiger partial charge on any atom is -0.383 e. The number of nitrogens with two attached hydrogens (primary N) is 1. The van der Waals surface area contributed by atoms with Gasteiger partial charge in [0, 0.05) is 18.3 Å². The number of anilines is 1. The van der Waals surface area contributed by atoms with Crippen LogP contribution < -0.4 is 11.1 Å². The summed E-state index contributed by atoms with van der Waals surface area (Å²) in [4.78, 5) is 16.7. The molecule has 3 aromatic rings. The average molecular weight is 403 g/mol. The van der Waals surface area contributed by atoms with Crippen LogP contribution in [-0.2, 0) is 11.3 Å². The van der Waals surface area contributed by atoms with Crippen molar-refractivity contribution in [1.29, 1.82) is 0 Å². The third-order valence-electron chi connectivity index (χ3n) is 5.07. The van der Waals surface area contributed by atoms with Crippen molar-refractivity contribution in [2.45, 2.75) is 13.0 Å². The lowest BCUT2D eigenvalue weighted by Gasteiger charge is -2.15. The first-order valence-corrected chi connectivity index (χ1v) is 9.76. The number of halogens is 1. The number of nitrogens with zero attached hydrogens (tertiary/aromatic N) is 1. The lowest BCUT2D eigenvalue weighted by atomic mass is 9.98. The molecule has 0 aliphatic carbocycles. The first-order valence-electron chi connectivity index (χ1n) is 9.76. The Labute approximate surface area is 174 Å². The fourth-order valence-corrected chi connectivity index (χ4v) is 3.41. The molecule has 1 aromatic heterocycles. The summed E-state index contributed by atoms with van der Waals surface area (Å²) in [6, 6.07) is 15.9. The number of benzene rings is 2. The monoisotopic (exact) mass is 403 g/mol. The van der Waals surface area contributed by atoms with Gasteiger partial charge in [-0.2, -0.15) is 0 Å². The zero-order valence-corrected chi connectivity index (χ0v) is 16.4. The van der Waals surface area contributed by atoms with Gasteiger partial charge in [0.1, 0.15) is 11.6 Å². The Bertz CT molecular complexity index is 1100. The number of carbonyl (C=O) groups is 1. The Kier molecular flexibility index (Phi) is 5.86. The van der Waals surface area contributed by atoms with Crippen molar-refractivity contribution >= 4 is 17.3 Å². The minimum atomic E-state index is -0.604. The summed E-state index contributed by atoms with van der Waals surface area (Å²) in [6.45, 7) is 1.56. The number of pyridine rings is 1. The summed E-state index contributed by atoms with van der Waals surface area (Å²) in [6.07, 6.45) is 4.53. The minimum absolute atomic E-state index is 0.00972. The van der Waals surface area contributed by atoms with E-state index in [9.17, 15) is 9.18 Å². The van der Waals surface area contributed by atoms with E-state index in [1.165, 1.54) is 12.1 Å². The molecule has 0 radical (unpaired) electrons. The molecule has 0 fully saturated rings. The third kappa shape index (κ3) is 4.39. The second-order valence-electron chi connectivity index (χ2n) is 7.07. The molecule has 0 spiro atoms. The van der Waals surface area contributed by atoms with Crippen molar-refractivity contribution in [3.8, 4) is 11.1 Å². The summed E-state index contributed by atoms with van der Waals surface area (Å²) < 4.78 is 20.1. The van der Waals surface area contributed by atoms with E-state index >= 15 is 0 Å². The molecule has 4 rings (SSSR count). The van der Waals surface area contributed by atoms with Crippen LogP contribution in [0.5, 0.6) is 0 Å². The van der Waals surface area contributed by atoms with E-state index in [0.29, 0.717) is 36.7 Å². The number of nitrogens with one attached hydrogen (secondary N) is 1. The van der Waals surface area contributed by atoms with Gasteiger partial charge in [0.25, 0.3) is 5.91 Å². The summed E-state index contributed by atoms with van der Waals surface area (Å²) in [5.74, 6) is -0.754. The van der Waals surface area contributed by atoms with Gasteiger partial charge in [-0.25, -0.2) is 9.37 Å². The molecule has 0 atom stereocenters. The third-order valence-corrected chi connectivity index (χ3v) is 5.07. The fraction of sp³-hybridized carbons (Fsp3) is 0.167. The first kappa shape index (κ1) is 19.8. The molecule has 0 unspecified atom stereocenters. The van der Waals surface area contributed by atoms with Crippen molar-refractivity contribution in [2.24, 2.45) is 0 Å². The zero-order chi connectivity index (χ0) is 20.9. The van der Waals surface area contributed by atoms with Crippen molar-refractivity contribution in [3.63, 3.8) is 0 Å². The summed E-state index contributed by atoms with van der Waals surface area (Å²) in [5.41, 5.74) is 10.3. The van der Waals surface area contributed by atoms with Gasteiger partial charge < -0.3 is 15.8 Å². The fourth-order valence-electron chi connectivity index (χ4n) is 3.41. The highest BCUT2D eigenvalue weighted by atomic mass is 19.1. The van der Waals surface area contributed by atoms with Crippen LogP contribution in [-0.4, -0.2) is 24.1 Å². The molecule has 5 nitrogen and oxygen atoms in total. The van der Waals surface area contributed by atoms with Gasteiger partial charge in [0.15, 0.2) is 0 Å². The normalized spacial score (nSPS) is 13.6. The van der Waals surface area contributed by atoms with E-state index in [1.807, 2.05) is 42.5 Å². The van der Waals surface area contributed by atoms with Crippen LogP contribution in [0.2, 0.25) is 0 Å². The number of carbonyl (C=O) groups excluding carboxylic acids is 1. The molecular formula is C24H22FN3O2. The molecule has 6 heteroatoms. The molecule has 0 bridgehead atoms. The Hall–Kier alpha value is -3.51. The first-order chi connectivity index (χ1) is 14.6. The number of hydrogen-bond acceptors (Lipinski definition) is 4. The molecule has 0 saturated carbocycles. The molecule has 2 aromatic carbocycles. The molecule has 0 saturated heterocycles. The zero-order valence-electron chi connectivity index (χ0n) is 16.4. The van der Waals surface area contributed by atoms with E-state index in [0.717, 1.165) is 23.1 Å². The van der Waals surface area contributed by atoms with Crippen LogP contribution in [0.25, 0.3) is 16.7 Å². The molecule has 1 aliphatic heterocycles. The van der Waals surface area contributed by atoms with Crippen LogP contribution in [0.1, 0.15) is 27.9 Å². The Morgan fingerprint density at radius 1 is 1.13 bits per heavy atom. The number of aromatic nitrogens is 1. The Balaban J connectivity index is 1.55. The van der Waals surface area contributed by atoms with Crippen molar-refractivity contribution in [2.75, 3.05) is 18.9 Å². The van der Waals surface area contributed by atoms with Gasteiger partial charge in [0.2, 0.25) is 0 Å². The predicted octanol–water partition coefficient (Wildman–Crippen LogP) is 4.20. The van der Waals surface area contributed by atoms with Crippen LogP contribution >= 0.6 is 0 Å². The SMILES string of the molecule is Nc1ncc(C2=CCOCC2)cc1-c1ccc(C(=O)NCc2ccccc2)c(F)c1. The molecule has 1 amide bonds. The molecule has 2 heterocycles. The van der Waals surface area contributed by atoms with Gasteiger partial charge >= 0.3 is 0 Å². The van der Waals surface area contributed by atoms with Crippen LogP contribution in [0.4, 0.5) is 10.2 Å². The maximum Gasteiger partial charge on any atom is 0.254 e. The van der Waals surface area contributed by atoms with Gasteiger partial charge in [-0.1, -0.05) is 42.5 Å². The van der Waals surface area contributed by atoms with Crippen LogP contribution in [0.3, 0.4) is 0 Å². The van der Waals surface area contributed by atoms with E-state index < -0.39 is 11.7 Å². The molecule has 3 N–H and O–H groups in total. The Morgan fingerprint density at radius 3 is 2.70 bits per heavy atom. The lowest BCUT2D eigenvalue weighted by molar-refractivity contribution is 0.0947. The molecule has 152 valence electrons. The standard InChI is InChI=1S/C24H22FN3O2/c25-22-13-18(6-7-20(22)24(29)28-14-16-4-2-1-3-5-16)21-12-19(15-27-23(21)26)17-8-10-30-11-9-17/h1-8,12-13,15H,9-11,14H2,(H2,26,27)(H,28,29). The number of hydrogen-bond donors (Lipinski definition) is 2. The van der Waals surface area contributed by atoms with E-state index in [-0.39, 0.29) is 5.56 Å². The van der Waals surface area contributed by atoms with Gasteiger partial charge in [-0.15, -0.1) is 0 Å². The lowest BCUT2D eigenvalue weighted by Crippen LogP contribution is -2.23. The highest BCUT2D eigenvalue weighted by molar-refractivity contribution is 5.95. The summed E-state index contributed by atoms with van der Waals surface area (Å²) in [7, 11) is 0. The highest BCUT2D eigenvalue weighted by Gasteiger charge is 2.15. The highest BCUT2D eigenvalue weighted by Crippen LogP contribution is 2.30. The number of ether oxygens (including phenoxy) is 1.